The fourth-order valence-electron chi connectivity index (χ4n) is 2.75. The Morgan fingerprint density at radius 1 is 1.04 bits per heavy atom. The predicted octanol–water partition coefficient (Wildman–Crippen LogP) is 3.06. The predicted molar refractivity (Wildman–Crippen MR) is 93.0 cm³/mol. The third-order valence-corrected chi connectivity index (χ3v) is 4.29. The van der Waals surface area contributed by atoms with Gasteiger partial charge in [-0.2, -0.15) is 0 Å². The Hall–Kier alpha value is -2.62. The van der Waals surface area contributed by atoms with E-state index in [1.807, 2.05) is 67.6 Å². The molecule has 0 spiro atoms. The number of amides is 2. The van der Waals surface area contributed by atoms with Crippen LogP contribution in [-0.4, -0.2) is 22.8 Å². The maximum absolute atomic E-state index is 12.6. The Balaban J connectivity index is 1.65. The standard InChI is InChI=1S/C20H22N2O2/c1-15(17-10-6-3-7-11-17)21-19(23)20(24)22(18-12-13-18)14-16-8-4-2-5-9-16/h2-11,15,18H,12-14H2,1H3,(H,21,23). The molecule has 1 fully saturated rings. The summed E-state index contributed by atoms with van der Waals surface area (Å²) in [4.78, 5) is 26.7. The molecule has 1 saturated carbocycles. The van der Waals surface area contributed by atoms with Gasteiger partial charge < -0.3 is 10.2 Å². The van der Waals surface area contributed by atoms with Crippen LogP contribution in [0.25, 0.3) is 0 Å². The van der Waals surface area contributed by atoms with E-state index in [1.165, 1.54) is 0 Å². The zero-order valence-electron chi connectivity index (χ0n) is 13.8. The summed E-state index contributed by atoms with van der Waals surface area (Å²) in [6, 6.07) is 19.5. The highest BCUT2D eigenvalue weighted by Crippen LogP contribution is 2.28. The van der Waals surface area contributed by atoms with Crippen LogP contribution in [0.4, 0.5) is 0 Å². The van der Waals surface area contributed by atoms with E-state index in [1.54, 1.807) is 4.90 Å². The van der Waals surface area contributed by atoms with E-state index in [2.05, 4.69) is 5.32 Å². The Morgan fingerprint density at radius 2 is 1.62 bits per heavy atom. The van der Waals surface area contributed by atoms with Crippen molar-refractivity contribution in [1.29, 1.82) is 0 Å². The molecule has 124 valence electrons. The van der Waals surface area contributed by atoms with Crippen LogP contribution < -0.4 is 5.32 Å². The van der Waals surface area contributed by atoms with Crippen molar-refractivity contribution in [3.8, 4) is 0 Å². The molecular formula is C20H22N2O2. The van der Waals surface area contributed by atoms with Crippen LogP contribution in [0.5, 0.6) is 0 Å². The Kier molecular flexibility index (Phi) is 4.94. The number of hydrogen-bond donors (Lipinski definition) is 1. The average Bonchev–Trinajstić information content (AvgIpc) is 3.45. The summed E-state index contributed by atoms with van der Waals surface area (Å²) < 4.78 is 0. The highest BCUT2D eigenvalue weighted by molar-refractivity contribution is 6.35. The summed E-state index contributed by atoms with van der Waals surface area (Å²) in [5, 5.41) is 2.81. The van der Waals surface area contributed by atoms with Crippen LogP contribution in [0.15, 0.2) is 60.7 Å². The lowest BCUT2D eigenvalue weighted by Gasteiger charge is -2.23. The van der Waals surface area contributed by atoms with Gasteiger partial charge in [-0.25, -0.2) is 0 Å². The second-order valence-electron chi connectivity index (χ2n) is 6.26. The van der Waals surface area contributed by atoms with E-state index in [0.717, 1.165) is 24.0 Å². The van der Waals surface area contributed by atoms with Crippen molar-refractivity contribution in [3.63, 3.8) is 0 Å². The maximum Gasteiger partial charge on any atom is 0.312 e. The number of hydrogen-bond acceptors (Lipinski definition) is 2. The Morgan fingerprint density at radius 3 is 2.21 bits per heavy atom. The number of nitrogens with one attached hydrogen (secondary N) is 1. The highest BCUT2D eigenvalue weighted by Gasteiger charge is 2.35. The third kappa shape index (κ3) is 4.02. The minimum Gasteiger partial charge on any atom is -0.341 e. The van der Waals surface area contributed by atoms with E-state index < -0.39 is 11.8 Å². The van der Waals surface area contributed by atoms with Crippen LogP contribution in [0.2, 0.25) is 0 Å². The van der Waals surface area contributed by atoms with Crippen molar-refractivity contribution in [2.24, 2.45) is 0 Å². The van der Waals surface area contributed by atoms with E-state index in [9.17, 15) is 9.59 Å². The molecule has 0 saturated heterocycles. The number of nitrogens with zero attached hydrogens (tertiary/aromatic N) is 1. The molecule has 4 nitrogen and oxygen atoms in total. The van der Waals surface area contributed by atoms with Gasteiger partial charge in [0.1, 0.15) is 0 Å². The van der Waals surface area contributed by atoms with Gasteiger partial charge in [-0.1, -0.05) is 60.7 Å². The molecule has 2 aromatic carbocycles. The van der Waals surface area contributed by atoms with Crippen LogP contribution >= 0.6 is 0 Å². The SMILES string of the molecule is CC(NC(=O)C(=O)N(Cc1ccccc1)C1CC1)c1ccccc1. The quantitative estimate of drug-likeness (QED) is 0.860. The van der Waals surface area contributed by atoms with Crippen LogP contribution in [0.3, 0.4) is 0 Å². The zero-order chi connectivity index (χ0) is 16.9. The van der Waals surface area contributed by atoms with E-state index >= 15 is 0 Å². The summed E-state index contributed by atoms with van der Waals surface area (Å²) in [7, 11) is 0. The monoisotopic (exact) mass is 322 g/mol. The molecule has 1 aliphatic rings. The van der Waals surface area contributed by atoms with Gasteiger partial charge in [0.2, 0.25) is 0 Å². The number of rotatable bonds is 5. The van der Waals surface area contributed by atoms with Gasteiger partial charge >= 0.3 is 11.8 Å². The topological polar surface area (TPSA) is 49.4 Å². The molecule has 0 bridgehead atoms. The van der Waals surface area contributed by atoms with Crippen molar-refractivity contribution in [1.82, 2.24) is 10.2 Å². The van der Waals surface area contributed by atoms with Crippen molar-refractivity contribution >= 4 is 11.8 Å². The first-order chi connectivity index (χ1) is 11.6. The molecule has 0 heterocycles. The second-order valence-corrected chi connectivity index (χ2v) is 6.26. The molecule has 1 aliphatic carbocycles. The average molecular weight is 322 g/mol. The number of benzene rings is 2. The van der Waals surface area contributed by atoms with E-state index in [-0.39, 0.29) is 12.1 Å². The highest BCUT2D eigenvalue weighted by atomic mass is 16.2. The molecule has 4 heteroatoms. The van der Waals surface area contributed by atoms with Gasteiger partial charge in [0, 0.05) is 12.6 Å². The second kappa shape index (κ2) is 7.30. The molecule has 1 N–H and O–H groups in total. The summed E-state index contributed by atoms with van der Waals surface area (Å²) in [6.07, 6.45) is 1.94. The minimum atomic E-state index is -0.533. The van der Waals surface area contributed by atoms with E-state index in [0.29, 0.717) is 6.54 Å². The molecule has 2 aromatic rings. The van der Waals surface area contributed by atoms with E-state index in [4.69, 9.17) is 0 Å². The summed E-state index contributed by atoms with van der Waals surface area (Å²) >= 11 is 0. The molecule has 0 radical (unpaired) electrons. The number of carbonyl (C=O) groups excluding carboxylic acids is 2. The zero-order valence-corrected chi connectivity index (χ0v) is 13.8. The fourth-order valence-corrected chi connectivity index (χ4v) is 2.75. The van der Waals surface area contributed by atoms with Gasteiger partial charge in [-0.3, -0.25) is 9.59 Å². The third-order valence-electron chi connectivity index (χ3n) is 4.29. The van der Waals surface area contributed by atoms with Gasteiger partial charge in [-0.05, 0) is 30.9 Å². The first-order valence-corrected chi connectivity index (χ1v) is 8.35. The smallest absolute Gasteiger partial charge is 0.312 e. The fraction of sp³-hybridized carbons (Fsp3) is 0.300. The lowest BCUT2D eigenvalue weighted by Crippen LogP contribution is -2.44. The molecule has 1 atom stereocenters. The van der Waals surface area contributed by atoms with Crippen LogP contribution in [0, 0.1) is 0 Å². The molecule has 0 aromatic heterocycles. The Bertz CT molecular complexity index is 696. The molecule has 0 aliphatic heterocycles. The Labute approximate surface area is 142 Å². The van der Waals surface area contributed by atoms with Crippen LogP contribution in [-0.2, 0) is 16.1 Å². The largest absolute Gasteiger partial charge is 0.341 e. The lowest BCUT2D eigenvalue weighted by atomic mass is 10.1. The van der Waals surface area contributed by atoms with Crippen molar-refractivity contribution in [3.05, 3.63) is 71.8 Å². The van der Waals surface area contributed by atoms with Gasteiger partial charge in [0.05, 0.1) is 6.04 Å². The first-order valence-electron chi connectivity index (χ1n) is 8.35. The lowest BCUT2D eigenvalue weighted by molar-refractivity contribution is -0.147. The molecular weight excluding hydrogens is 300 g/mol. The molecule has 1 unspecified atom stereocenters. The summed E-state index contributed by atoms with van der Waals surface area (Å²) in [5.41, 5.74) is 2.03. The van der Waals surface area contributed by atoms with Gasteiger partial charge in [-0.15, -0.1) is 0 Å². The minimum absolute atomic E-state index is 0.190. The van der Waals surface area contributed by atoms with Crippen molar-refractivity contribution < 1.29 is 9.59 Å². The van der Waals surface area contributed by atoms with Crippen molar-refractivity contribution in [2.75, 3.05) is 0 Å². The molecule has 24 heavy (non-hydrogen) atoms. The molecule has 3 rings (SSSR count). The normalized spacial score (nSPS) is 14.7. The molecule has 2 amide bonds. The van der Waals surface area contributed by atoms with Gasteiger partial charge in [0.15, 0.2) is 0 Å². The van der Waals surface area contributed by atoms with Crippen molar-refractivity contribution in [2.45, 2.75) is 38.4 Å². The first kappa shape index (κ1) is 16.2. The van der Waals surface area contributed by atoms with Crippen LogP contribution in [0.1, 0.15) is 36.9 Å². The maximum atomic E-state index is 12.6. The number of carbonyl (C=O) groups is 2. The van der Waals surface area contributed by atoms with Gasteiger partial charge in [0.25, 0.3) is 0 Å². The summed E-state index contributed by atoms with van der Waals surface area (Å²) in [5.74, 6) is -0.974. The summed E-state index contributed by atoms with van der Waals surface area (Å²) in [6.45, 7) is 2.37.